The van der Waals surface area contributed by atoms with E-state index in [0.29, 0.717) is 24.3 Å². The van der Waals surface area contributed by atoms with Gasteiger partial charge in [-0.1, -0.05) is 6.07 Å². The number of hydrogen-bond donors (Lipinski definition) is 1. The summed E-state index contributed by atoms with van der Waals surface area (Å²) in [6.45, 7) is 4.49. The second kappa shape index (κ2) is 7.34. The molecule has 0 saturated carbocycles. The quantitative estimate of drug-likeness (QED) is 0.934. The van der Waals surface area contributed by atoms with Crippen LogP contribution in [0.4, 0.5) is 15.8 Å². The van der Waals surface area contributed by atoms with Crippen LogP contribution in [0.3, 0.4) is 0 Å². The number of halogens is 1. The molecule has 5 nitrogen and oxygen atoms in total. The van der Waals surface area contributed by atoms with Gasteiger partial charge in [0.05, 0.1) is 0 Å². The van der Waals surface area contributed by atoms with Crippen LogP contribution in [0.25, 0.3) is 0 Å². The summed E-state index contributed by atoms with van der Waals surface area (Å²) in [6, 6.07) is 13.0. The van der Waals surface area contributed by atoms with E-state index in [0.717, 1.165) is 18.8 Å². The Balaban J connectivity index is 1.66. The van der Waals surface area contributed by atoms with Gasteiger partial charge in [0.2, 0.25) is 5.91 Å². The van der Waals surface area contributed by atoms with Gasteiger partial charge in [0.15, 0.2) is 0 Å². The third-order valence-corrected chi connectivity index (χ3v) is 4.30. The van der Waals surface area contributed by atoms with Gasteiger partial charge >= 0.3 is 0 Å². The minimum Gasteiger partial charge on any atom is -0.368 e. The third-order valence-electron chi connectivity index (χ3n) is 4.30. The Morgan fingerprint density at radius 1 is 1.00 bits per heavy atom. The van der Waals surface area contributed by atoms with Crippen molar-refractivity contribution in [2.45, 2.75) is 6.92 Å². The van der Waals surface area contributed by atoms with Crippen molar-refractivity contribution in [2.24, 2.45) is 0 Å². The predicted octanol–water partition coefficient (Wildman–Crippen LogP) is 2.75. The number of amides is 2. The van der Waals surface area contributed by atoms with E-state index in [1.54, 1.807) is 6.92 Å². The average Bonchev–Trinajstić information content (AvgIpc) is 2.62. The molecule has 0 bridgehead atoms. The molecule has 6 heteroatoms. The standard InChI is InChI=1S/C19H20FN3O2/c1-14(24)22-9-11-23(12-10-22)18-4-2-3-17(13-18)21-19(25)15-5-7-16(20)8-6-15/h2-8,13H,9-12H2,1H3,(H,21,25). The lowest BCUT2D eigenvalue weighted by atomic mass is 10.2. The van der Waals surface area contributed by atoms with Crippen molar-refractivity contribution in [3.8, 4) is 0 Å². The molecule has 0 spiro atoms. The average molecular weight is 341 g/mol. The highest BCUT2D eigenvalue weighted by Crippen LogP contribution is 2.21. The molecule has 0 radical (unpaired) electrons. The summed E-state index contributed by atoms with van der Waals surface area (Å²) in [4.78, 5) is 27.7. The summed E-state index contributed by atoms with van der Waals surface area (Å²) in [6.07, 6.45) is 0. The number of nitrogens with one attached hydrogen (secondary N) is 1. The molecule has 0 atom stereocenters. The van der Waals surface area contributed by atoms with Gasteiger partial charge in [-0.25, -0.2) is 4.39 Å². The smallest absolute Gasteiger partial charge is 0.255 e. The van der Waals surface area contributed by atoms with Crippen LogP contribution in [0, 0.1) is 5.82 Å². The lowest BCUT2D eigenvalue weighted by molar-refractivity contribution is -0.129. The molecule has 1 N–H and O–H groups in total. The lowest BCUT2D eigenvalue weighted by Gasteiger charge is -2.35. The topological polar surface area (TPSA) is 52.7 Å². The van der Waals surface area contributed by atoms with Gasteiger partial charge in [0.1, 0.15) is 5.82 Å². The van der Waals surface area contributed by atoms with Crippen molar-refractivity contribution in [2.75, 3.05) is 36.4 Å². The fraction of sp³-hybridized carbons (Fsp3) is 0.263. The van der Waals surface area contributed by atoms with E-state index in [4.69, 9.17) is 0 Å². The zero-order valence-corrected chi connectivity index (χ0v) is 14.0. The third kappa shape index (κ3) is 4.15. The van der Waals surface area contributed by atoms with Crippen molar-refractivity contribution in [1.82, 2.24) is 4.90 Å². The Labute approximate surface area is 146 Å². The molecule has 3 rings (SSSR count). The molecule has 1 aliphatic heterocycles. The molecule has 1 fully saturated rings. The van der Waals surface area contributed by atoms with Gasteiger partial charge in [-0.15, -0.1) is 0 Å². The molecular formula is C19H20FN3O2. The van der Waals surface area contributed by atoms with Crippen LogP contribution >= 0.6 is 0 Å². The SMILES string of the molecule is CC(=O)N1CCN(c2cccc(NC(=O)c3ccc(F)cc3)c2)CC1. The maximum absolute atomic E-state index is 13.0. The molecule has 0 aromatic heterocycles. The fourth-order valence-corrected chi connectivity index (χ4v) is 2.86. The van der Waals surface area contributed by atoms with Gasteiger partial charge < -0.3 is 15.1 Å². The molecule has 0 aliphatic carbocycles. The van der Waals surface area contributed by atoms with Gasteiger partial charge in [-0.2, -0.15) is 0 Å². The summed E-state index contributed by atoms with van der Waals surface area (Å²) in [7, 11) is 0. The highest BCUT2D eigenvalue weighted by atomic mass is 19.1. The van der Waals surface area contributed by atoms with Crippen LogP contribution in [0.5, 0.6) is 0 Å². The normalized spacial score (nSPS) is 14.3. The Bertz CT molecular complexity index is 768. The molecular weight excluding hydrogens is 321 g/mol. The molecule has 130 valence electrons. The summed E-state index contributed by atoms with van der Waals surface area (Å²) >= 11 is 0. The molecule has 0 unspecified atom stereocenters. The molecule has 2 aromatic carbocycles. The monoisotopic (exact) mass is 341 g/mol. The number of hydrogen-bond acceptors (Lipinski definition) is 3. The van der Waals surface area contributed by atoms with E-state index < -0.39 is 0 Å². The maximum atomic E-state index is 13.0. The number of carbonyl (C=O) groups excluding carboxylic acids is 2. The van der Waals surface area contributed by atoms with E-state index >= 15 is 0 Å². The number of carbonyl (C=O) groups is 2. The number of piperazine rings is 1. The number of rotatable bonds is 3. The van der Waals surface area contributed by atoms with Gasteiger partial charge in [0, 0.05) is 50.0 Å². The van der Waals surface area contributed by atoms with Gasteiger partial charge in [-0.3, -0.25) is 9.59 Å². The second-order valence-corrected chi connectivity index (χ2v) is 6.00. The van der Waals surface area contributed by atoms with Crippen LogP contribution < -0.4 is 10.2 Å². The van der Waals surface area contributed by atoms with E-state index in [-0.39, 0.29) is 17.6 Å². The van der Waals surface area contributed by atoms with E-state index in [9.17, 15) is 14.0 Å². The zero-order chi connectivity index (χ0) is 17.8. The minimum absolute atomic E-state index is 0.0972. The van der Waals surface area contributed by atoms with Crippen molar-refractivity contribution in [3.05, 3.63) is 59.9 Å². The highest BCUT2D eigenvalue weighted by molar-refractivity contribution is 6.04. The first-order valence-electron chi connectivity index (χ1n) is 8.20. The van der Waals surface area contributed by atoms with E-state index in [1.165, 1.54) is 24.3 Å². The summed E-state index contributed by atoms with van der Waals surface area (Å²) in [5.74, 6) is -0.554. The summed E-state index contributed by atoms with van der Waals surface area (Å²) in [5.41, 5.74) is 2.09. The summed E-state index contributed by atoms with van der Waals surface area (Å²) < 4.78 is 13.0. The van der Waals surface area contributed by atoms with Crippen LogP contribution in [0.2, 0.25) is 0 Å². The molecule has 1 heterocycles. The second-order valence-electron chi connectivity index (χ2n) is 6.00. The van der Waals surface area contributed by atoms with E-state index in [1.807, 2.05) is 29.2 Å². The number of nitrogens with zero attached hydrogens (tertiary/aromatic N) is 2. The van der Waals surface area contributed by atoms with Crippen LogP contribution in [0.15, 0.2) is 48.5 Å². The molecule has 1 aliphatic rings. The Kier molecular flexibility index (Phi) is 4.97. The lowest BCUT2D eigenvalue weighted by Crippen LogP contribution is -2.48. The van der Waals surface area contributed by atoms with Gasteiger partial charge in [-0.05, 0) is 42.5 Å². The van der Waals surface area contributed by atoms with Crippen molar-refractivity contribution < 1.29 is 14.0 Å². The highest BCUT2D eigenvalue weighted by Gasteiger charge is 2.19. The van der Waals surface area contributed by atoms with E-state index in [2.05, 4.69) is 10.2 Å². The summed E-state index contributed by atoms with van der Waals surface area (Å²) in [5, 5.41) is 2.83. The molecule has 1 saturated heterocycles. The Morgan fingerprint density at radius 3 is 2.32 bits per heavy atom. The van der Waals surface area contributed by atoms with Crippen LogP contribution in [0.1, 0.15) is 17.3 Å². The first-order valence-corrected chi connectivity index (χ1v) is 8.20. The zero-order valence-electron chi connectivity index (χ0n) is 14.0. The first-order chi connectivity index (χ1) is 12.0. The molecule has 25 heavy (non-hydrogen) atoms. The van der Waals surface area contributed by atoms with Gasteiger partial charge in [0.25, 0.3) is 5.91 Å². The van der Waals surface area contributed by atoms with Crippen LogP contribution in [-0.2, 0) is 4.79 Å². The fourth-order valence-electron chi connectivity index (χ4n) is 2.86. The van der Waals surface area contributed by atoms with Crippen molar-refractivity contribution >= 4 is 23.2 Å². The molecule has 2 amide bonds. The Hall–Kier alpha value is -2.89. The maximum Gasteiger partial charge on any atom is 0.255 e. The van der Waals surface area contributed by atoms with Crippen molar-refractivity contribution in [3.63, 3.8) is 0 Å². The number of benzene rings is 2. The largest absolute Gasteiger partial charge is 0.368 e. The van der Waals surface area contributed by atoms with Crippen molar-refractivity contribution in [1.29, 1.82) is 0 Å². The number of anilines is 2. The minimum atomic E-state index is -0.372. The first kappa shape index (κ1) is 17.0. The predicted molar refractivity (Wildman–Crippen MR) is 95.3 cm³/mol. The van der Waals surface area contributed by atoms with Crippen LogP contribution in [-0.4, -0.2) is 42.9 Å². The molecule has 2 aromatic rings. The Morgan fingerprint density at radius 2 is 1.68 bits per heavy atom.